The Morgan fingerprint density at radius 3 is 2.39 bits per heavy atom. The second-order valence-electron chi connectivity index (χ2n) is 7.50. The zero-order valence-corrected chi connectivity index (χ0v) is 17.3. The van der Waals surface area contributed by atoms with Crippen LogP contribution in [0.3, 0.4) is 0 Å². The molecule has 11 heteroatoms. The fourth-order valence-corrected chi connectivity index (χ4v) is 3.66. The first kappa shape index (κ1) is 22.8. The summed E-state index contributed by atoms with van der Waals surface area (Å²) in [5.74, 6) is -0.528. The summed E-state index contributed by atoms with van der Waals surface area (Å²) in [7, 11) is 1.37. The van der Waals surface area contributed by atoms with E-state index in [1.54, 1.807) is 0 Å². The molecule has 0 saturated carbocycles. The lowest BCUT2D eigenvalue weighted by Gasteiger charge is -2.39. The molecule has 4 rings (SSSR count). The number of methoxy groups -OCH3 is 1. The molecule has 1 saturated heterocycles. The number of phenolic OH excluding ortho intramolecular Hbond substituents is 2. The summed E-state index contributed by atoms with van der Waals surface area (Å²) in [6, 6.07) is 7.96. The van der Waals surface area contributed by atoms with Gasteiger partial charge in [0.05, 0.1) is 19.1 Å². The van der Waals surface area contributed by atoms with Crippen LogP contribution < -0.4 is 15.1 Å². The highest BCUT2D eigenvalue weighted by Gasteiger charge is 2.45. The lowest BCUT2D eigenvalue weighted by Crippen LogP contribution is -2.60. The number of hydrogen-bond acceptors (Lipinski definition) is 11. The maximum atomic E-state index is 12.2. The first-order valence-electron chi connectivity index (χ1n) is 9.89. The molecule has 0 aliphatic carbocycles. The van der Waals surface area contributed by atoms with E-state index in [1.807, 2.05) is 0 Å². The summed E-state index contributed by atoms with van der Waals surface area (Å²) in [4.78, 5) is 12.2. The van der Waals surface area contributed by atoms with Crippen LogP contribution in [0.2, 0.25) is 0 Å². The van der Waals surface area contributed by atoms with Crippen LogP contribution in [0.15, 0.2) is 45.6 Å². The molecule has 6 N–H and O–H groups in total. The normalized spacial score (nSPS) is 25.2. The van der Waals surface area contributed by atoms with Gasteiger partial charge in [-0.15, -0.1) is 0 Å². The summed E-state index contributed by atoms with van der Waals surface area (Å²) >= 11 is 0. The largest absolute Gasteiger partial charge is 0.504 e. The van der Waals surface area contributed by atoms with Crippen LogP contribution in [-0.2, 0) is 4.74 Å². The van der Waals surface area contributed by atoms with Crippen molar-refractivity contribution in [3.63, 3.8) is 0 Å². The molecule has 2 unspecified atom stereocenters. The third-order valence-electron chi connectivity index (χ3n) is 5.40. The van der Waals surface area contributed by atoms with E-state index in [4.69, 9.17) is 18.6 Å². The molecule has 1 aliphatic heterocycles. The van der Waals surface area contributed by atoms with Gasteiger partial charge in [0.1, 0.15) is 41.5 Å². The Bertz CT molecular complexity index is 1220. The number of hydrogen-bond donors (Lipinski definition) is 6. The van der Waals surface area contributed by atoms with Crippen LogP contribution in [0, 0.1) is 0 Å². The standard InChI is InChI=1S/C22H22O11/c1-30-10-5-14-18(11(7-17(26)31-14)9-2-3-12(24)13(25)4-9)15(6-10)32-22-21(29)20(28)19(27)16(8-23)33-22/h2-7,16,19-25,27-29H,8H2,1H3/t16?,19-,20?,21+,22-/m1/s1. The Morgan fingerprint density at radius 1 is 0.970 bits per heavy atom. The summed E-state index contributed by atoms with van der Waals surface area (Å²) in [6.45, 7) is -0.642. The molecule has 11 nitrogen and oxygen atoms in total. The van der Waals surface area contributed by atoms with Crippen molar-refractivity contribution >= 4 is 11.0 Å². The second-order valence-corrected chi connectivity index (χ2v) is 7.50. The Balaban J connectivity index is 1.88. The van der Waals surface area contributed by atoms with Crippen LogP contribution in [0.1, 0.15) is 0 Å². The van der Waals surface area contributed by atoms with Crippen molar-refractivity contribution in [3.8, 4) is 34.1 Å². The van der Waals surface area contributed by atoms with E-state index in [2.05, 4.69) is 0 Å². The van der Waals surface area contributed by atoms with Crippen LogP contribution in [0.25, 0.3) is 22.1 Å². The van der Waals surface area contributed by atoms with Gasteiger partial charge in [-0.25, -0.2) is 4.79 Å². The number of aromatic hydroxyl groups is 2. The van der Waals surface area contributed by atoms with Crippen molar-refractivity contribution in [1.82, 2.24) is 0 Å². The van der Waals surface area contributed by atoms with Gasteiger partial charge in [-0.05, 0) is 17.7 Å². The van der Waals surface area contributed by atoms with Crippen molar-refractivity contribution in [1.29, 1.82) is 0 Å². The number of phenols is 2. The Morgan fingerprint density at radius 2 is 1.73 bits per heavy atom. The van der Waals surface area contributed by atoms with Gasteiger partial charge in [-0.2, -0.15) is 0 Å². The smallest absolute Gasteiger partial charge is 0.336 e. The van der Waals surface area contributed by atoms with Crippen LogP contribution >= 0.6 is 0 Å². The molecule has 176 valence electrons. The van der Waals surface area contributed by atoms with Crippen LogP contribution in [0.4, 0.5) is 0 Å². The topological polar surface area (TPSA) is 179 Å². The number of ether oxygens (including phenoxy) is 3. The number of aliphatic hydroxyl groups excluding tert-OH is 4. The fraction of sp³-hybridized carbons (Fsp3) is 0.318. The highest BCUT2D eigenvalue weighted by molar-refractivity contribution is 5.98. The van der Waals surface area contributed by atoms with Gasteiger partial charge in [-0.1, -0.05) is 6.07 Å². The molecular weight excluding hydrogens is 440 g/mol. The number of benzene rings is 2. The molecule has 5 atom stereocenters. The van der Waals surface area contributed by atoms with Crippen molar-refractivity contribution in [3.05, 3.63) is 46.8 Å². The third-order valence-corrected chi connectivity index (χ3v) is 5.40. The Labute approximate surface area is 186 Å². The van der Waals surface area contributed by atoms with E-state index in [9.17, 15) is 35.4 Å². The number of rotatable bonds is 5. The van der Waals surface area contributed by atoms with Crippen LogP contribution in [-0.4, -0.2) is 75.1 Å². The van der Waals surface area contributed by atoms with Gasteiger partial charge < -0.3 is 49.3 Å². The minimum absolute atomic E-state index is 0.0139. The average Bonchev–Trinajstić information content (AvgIpc) is 2.80. The monoisotopic (exact) mass is 462 g/mol. The summed E-state index contributed by atoms with van der Waals surface area (Å²) in [6.07, 6.45) is -7.62. The molecule has 3 aromatic rings. The van der Waals surface area contributed by atoms with E-state index in [0.29, 0.717) is 5.56 Å². The lowest BCUT2D eigenvalue weighted by atomic mass is 9.99. The minimum atomic E-state index is -1.68. The van der Waals surface area contributed by atoms with Crippen molar-refractivity contribution in [2.45, 2.75) is 30.7 Å². The highest BCUT2D eigenvalue weighted by atomic mass is 16.7. The molecule has 0 spiro atoms. The quantitative estimate of drug-likeness (QED) is 0.223. The second kappa shape index (κ2) is 8.89. The summed E-state index contributed by atoms with van der Waals surface area (Å²) < 4.78 is 21.8. The molecular formula is C22H22O11. The van der Waals surface area contributed by atoms with E-state index >= 15 is 0 Å². The van der Waals surface area contributed by atoms with Crippen molar-refractivity contribution in [2.75, 3.05) is 13.7 Å². The molecule has 33 heavy (non-hydrogen) atoms. The molecule has 0 amide bonds. The van der Waals surface area contributed by atoms with Gasteiger partial charge >= 0.3 is 5.63 Å². The SMILES string of the molecule is COc1cc(O[C@@H]2OC(CO)[C@@H](O)C(O)[C@@H]2O)c2c(-c3ccc(O)c(O)c3)cc(=O)oc2c1. The minimum Gasteiger partial charge on any atom is -0.504 e. The van der Waals surface area contributed by atoms with Gasteiger partial charge in [-0.3, -0.25) is 0 Å². The maximum absolute atomic E-state index is 12.2. The molecule has 2 aromatic carbocycles. The van der Waals surface area contributed by atoms with Gasteiger partial charge in [0.25, 0.3) is 0 Å². The van der Waals surface area contributed by atoms with E-state index < -0.39 is 48.7 Å². The molecule has 2 heterocycles. The molecule has 1 fully saturated rings. The van der Waals surface area contributed by atoms with E-state index in [0.717, 1.165) is 6.07 Å². The van der Waals surface area contributed by atoms with E-state index in [1.165, 1.54) is 37.4 Å². The summed E-state index contributed by atoms with van der Waals surface area (Å²) in [5.41, 5.74) is -0.0630. The Hall–Kier alpha value is -3.35. The van der Waals surface area contributed by atoms with Crippen molar-refractivity contribution in [2.24, 2.45) is 0 Å². The molecule has 1 aliphatic rings. The molecule has 1 aromatic heterocycles. The predicted molar refractivity (Wildman–Crippen MR) is 112 cm³/mol. The van der Waals surface area contributed by atoms with Gasteiger partial charge in [0, 0.05) is 23.8 Å². The molecule has 0 radical (unpaired) electrons. The Kier molecular flexibility index (Phi) is 6.15. The van der Waals surface area contributed by atoms with Gasteiger partial charge in [0.15, 0.2) is 11.5 Å². The summed E-state index contributed by atoms with van der Waals surface area (Å²) in [5, 5.41) is 59.7. The first-order valence-corrected chi connectivity index (χ1v) is 9.89. The first-order chi connectivity index (χ1) is 15.7. The molecule has 0 bridgehead atoms. The van der Waals surface area contributed by atoms with Crippen molar-refractivity contribution < 1.29 is 49.3 Å². The zero-order valence-electron chi connectivity index (χ0n) is 17.3. The van der Waals surface area contributed by atoms with Gasteiger partial charge in [0.2, 0.25) is 6.29 Å². The average molecular weight is 462 g/mol. The van der Waals surface area contributed by atoms with Crippen LogP contribution in [0.5, 0.6) is 23.0 Å². The fourth-order valence-electron chi connectivity index (χ4n) is 3.66. The maximum Gasteiger partial charge on any atom is 0.336 e. The highest BCUT2D eigenvalue weighted by Crippen LogP contribution is 2.40. The van der Waals surface area contributed by atoms with E-state index in [-0.39, 0.29) is 33.8 Å². The zero-order chi connectivity index (χ0) is 23.9. The lowest BCUT2D eigenvalue weighted by molar-refractivity contribution is -0.277. The third kappa shape index (κ3) is 4.19. The number of fused-ring (bicyclic) bond motifs is 1. The predicted octanol–water partition coefficient (Wildman–Crippen LogP) is 0.0585. The number of aliphatic hydroxyl groups is 4.